The highest BCUT2D eigenvalue weighted by atomic mass is 16.7. The van der Waals surface area contributed by atoms with E-state index in [1.54, 1.807) is 54.4 Å². The normalized spacial score (nSPS) is 40.4. The number of allylic oxidation sites excluding steroid dienone is 4. The molecule has 28 nitrogen and oxygen atoms in total. The molecule has 0 aromatic heterocycles. The van der Waals surface area contributed by atoms with Gasteiger partial charge in [0.15, 0.2) is 12.6 Å². The van der Waals surface area contributed by atoms with E-state index in [2.05, 4.69) is 0 Å². The van der Waals surface area contributed by atoms with Gasteiger partial charge in [-0.05, 0) is 136 Å². The Labute approximate surface area is 709 Å². The maximum absolute atomic E-state index is 14.4. The van der Waals surface area contributed by atoms with Gasteiger partial charge in [-0.25, -0.2) is 9.59 Å². The molecule has 7 heterocycles. The van der Waals surface area contributed by atoms with Crippen LogP contribution in [-0.2, 0) is 94.9 Å². The molecule has 0 amide bonds. The molecule has 0 aromatic rings. The van der Waals surface area contributed by atoms with E-state index in [-0.39, 0.29) is 99.9 Å². The Morgan fingerprint density at radius 2 is 0.807 bits per heavy atom. The molecular weight excluding hydrogens is 1540 g/mol. The average molecular weight is 1700 g/mol. The van der Waals surface area contributed by atoms with Crippen molar-refractivity contribution in [1.29, 1.82) is 0 Å². The van der Waals surface area contributed by atoms with Crippen molar-refractivity contribution in [2.45, 2.75) is 382 Å². The van der Waals surface area contributed by atoms with Gasteiger partial charge >= 0.3 is 11.9 Å². The molecule has 0 aliphatic carbocycles. The predicted molar refractivity (Wildman–Crippen MR) is 445 cm³/mol. The monoisotopic (exact) mass is 1700 g/mol. The summed E-state index contributed by atoms with van der Waals surface area (Å²) in [5, 5.41) is 95.0. The smallest absolute Gasteiger partial charge is 0.331 e. The number of carbonyl (C=O) groups excluding carboxylic acids is 2. The van der Waals surface area contributed by atoms with E-state index in [9.17, 15) is 50.4 Å². The number of ether oxygens (including phenoxy) is 18. The third kappa shape index (κ3) is 32.0. The number of esters is 2. The maximum atomic E-state index is 14.4. The molecule has 7 rings (SSSR count). The summed E-state index contributed by atoms with van der Waals surface area (Å²) in [6.07, 6.45) is 6.46. The molecule has 1 unspecified atom stereocenters. The number of methoxy groups -OCH3 is 8. The lowest BCUT2D eigenvalue weighted by Gasteiger charge is -2.40. The second-order valence-corrected chi connectivity index (χ2v) is 35.4. The largest absolute Gasteiger partial charge is 0.458 e. The van der Waals surface area contributed by atoms with Crippen LogP contribution < -0.4 is 0 Å². The second kappa shape index (κ2) is 51.9. The number of aliphatic hydroxyl groups excluding tert-OH is 8. The van der Waals surface area contributed by atoms with Crippen LogP contribution in [-0.4, -0.2) is 306 Å². The van der Waals surface area contributed by atoms with E-state index in [1.165, 1.54) is 40.6 Å². The number of aliphatic hydroxyl groups is 8. The van der Waals surface area contributed by atoms with E-state index >= 15 is 0 Å². The first-order valence-electron chi connectivity index (χ1n) is 44.0. The Morgan fingerprint density at radius 1 is 0.412 bits per heavy atom. The van der Waals surface area contributed by atoms with Crippen molar-refractivity contribution in [2.24, 2.45) is 41.4 Å². The highest BCUT2D eigenvalue weighted by molar-refractivity contribution is 5.83. The van der Waals surface area contributed by atoms with Crippen LogP contribution in [0, 0.1) is 41.4 Å². The molecule has 4 saturated heterocycles. The zero-order valence-electron chi connectivity index (χ0n) is 74.7. The summed E-state index contributed by atoms with van der Waals surface area (Å²) in [6.45, 7) is 20.5. The number of cyclic esters (lactones) is 2. The van der Waals surface area contributed by atoms with Crippen molar-refractivity contribution in [3.8, 4) is 0 Å². The minimum absolute atomic E-state index is 0.0181. The molecule has 0 saturated carbocycles. The molecule has 7 aliphatic rings. The molecule has 0 spiro atoms. The molecule has 119 heavy (non-hydrogen) atoms. The van der Waals surface area contributed by atoms with Gasteiger partial charge in [-0.15, -0.1) is 0 Å². The van der Waals surface area contributed by atoms with E-state index in [1.807, 2.05) is 98.8 Å². The van der Waals surface area contributed by atoms with Crippen LogP contribution in [0.1, 0.15) is 198 Å². The molecule has 7 aliphatic heterocycles. The molecule has 0 aromatic carbocycles. The summed E-state index contributed by atoms with van der Waals surface area (Å²) in [5.74, 6) is -5.50. The molecule has 4 bridgehead atoms. The minimum Gasteiger partial charge on any atom is -0.458 e. The van der Waals surface area contributed by atoms with Crippen LogP contribution in [0.25, 0.3) is 0 Å². The van der Waals surface area contributed by atoms with Crippen molar-refractivity contribution in [2.75, 3.05) is 70.1 Å². The highest BCUT2D eigenvalue weighted by Gasteiger charge is 2.47. The molecule has 28 heteroatoms. The van der Waals surface area contributed by atoms with Crippen LogP contribution in [0.4, 0.5) is 0 Å². The van der Waals surface area contributed by atoms with Crippen molar-refractivity contribution in [3.63, 3.8) is 0 Å². The van der Waals surface area contributed by atoms with Gasteiger partial charge in [-0.3, -0.25) is 0 Å². The van der Waals surface area contributed by atoms with Crippen LogP contribution in [0.2, 0.25) is 0 Å². The van der Waals surface area contributed by atoms with Crippen LogP contribution >= 0.6 is 0 Å². The first-order chi connectivity index (χ1) is 56.7. The third-order valence-corrected chi connectivity index (χ3v) is 26.2. The Kier molecular flexibility index (Phi) is 44.7. The number of carbonyl (C=O) groups is 2. The average Bonchev–Trinajstić information content (AvgIpc) is 0.892. The molecule has 686 valence electrons. The first-order valence-corrected chi connectivity index (χ1v) is 44.0. The van der Waals surface area contributed by atoms with Crippen molar-refractivity contribution in [3.05, 3.63) is 71.9 Å². The molecule has 4 fully saturated rings. The lowest BCUT2D eigenvalue weighted by Crippen LogP contribution is -2.56. The first kappa shape index (κ1) is 102. The zero-order chi connectivity index (χ0) is 87.3. The Bertz CT molecular complexity index is 3080. The summed E-state index contributed by atoms with van der Waals surface area (Å²) >= 11 is 0. The van der Waals surface area contributed by atoms with Gasteiger partial charge in [-0.1, -0.05) is 108 Å². The zero-order valence-corrected chi connectivity index (χ0v) is 74.7. The van der Waals surface area contributed by atoms with E-state index in [4.69, 9.17) is 85.3 Å². The quantitative estimate of drug-likeness (QED) is 0.0329. The van der Waals surface area contributed by atoms with Gasteiger partial charge in [-0.2, -0.15) is 0 Å². The van der Waals surface area contributed by atoms with Gasteiger partial charge in [0, 0.05) is 124 Å². The fourth-order valence-electron chi connectivity index (χ4n) is 18.5. The molecule has 8 N–H and O–H groups in total. The third-order valence-electron chi connectivity index (χ3n) is 26.2. The van der Waals surface area contributed by atoms with Crippen molar-refractivity contribution < 1.29 is 136 Å². The summed E-state index contributed by atoms with van der Waals surface area (Å²) in [4.78, 5) is 28.8. The predicted octanol–water partition coefficient (Wildman–Crippen LogP) is 9.41. The Hall–Kier alpha value is -3.58. The molecule has 37 atom stereocenters. The minimum atomic E-state index is -1.23. The van der Waals surface area contributed by atoms with Crippen molar-refractivity contribution >= 4 is 11.9 Å². The lowest BCUT2D eigenvalue weighted by atomic mass is 9.78. The fourth-order valence-corrected chi connectivity index (χ4v) is 18.5. The van der Waals surface area contributed by atoms with E-state index < -0.39 is 182 Å². The Balaban J connectivity index is 1.19. The maximum Gasteiger partial charge on any atom is 0.331 e. The number of fused-ring (bicyclic) bond motifs is 4. The standard InChI is InChI=1S/C91H154O28/c1-51-26-32-69(116-90-88(108-18)86(106-16)77(96)49-110-90)42-63-22-20-24-65(114-63)44-73(104-14)40-62(92)41-74(93)58(8)84(60(10)82(100)53(3)30-34-67-45-71(102-12)38-55(5)112-67)118-80(98)36-28-52(2)27-33-70(117-91-89(109-19)87(107-17)78(97)50-111-91)43-64-23-21-25-66(115-64)47-79(105-15)57(7)75(94)48-76(95)59(9)85(119-81(99)37-29-51)61(11)83(101)54(4)31-35-68-46-72(103-13)39-56(6)113-68/h20-23,26-29,36-37,53-79,82-97,100-101H,24-25,30-35,38-50H2,1-19H3/t53-,54-,55-,56-,57?,58-,59-,60-,61-,62+,63-,64-,65-,66-,67-,68-,69-,70-,71+,72+,73+,74+,75-,76+,77-,78-,79-,82-,83-,84-,85-,86+,87+,88+,89+,90+,91+/m0/s1. The molecule has 0 radical (unpaired) electrons. The van der Waals surface area contributed by atoms with Crippen LogP contribution in [0.15, 0.2) is 71.9 Å². The van der Waals surface area contributed by atoms with Crippen molar-refractivity contribution in [1.82, 2.24) is 0 Å². The topological polar surface area (TPSA) is 362 Å². The SMILES string of the molecule is CO[C@@H]1C[C@@H](O)C[C@@H](O)[C@H](C)[C@@H]([C@@H](C)[C@@H](O)[C@@H](C)CC[C@H]2C[C@H](OC)C[C@H](C)O2)OC(=O)C=CC(C)=CC[C@H](O[C@H]2OC[C@H](O)[C@@H](OC)[C@H]2OC)C[C@@H]2C=CC[C@@H](C[C@H](OC)C(C)[C@@H](O)C[C@@H](O)[C@H](C)[C@@H]([C@@H](C)[C@@H](O)[C@@H](C)CC[C@H]3C[C@H](OC)C[C@H](C)O3)OC(=O)C=CC(C)=CC[C@H](O[C@H]3OC[C@H](O)[C@@H](OC)[C@H]3OC)C[C@@H]3C=CC[C@@H](C1)O3)O2. The molecular formula is C91H154O28. The number of rotatable bonds is 24. The summed E-state index contributed by atoms with van der Waals surface area (Å²) in [5.41, 5.74) is 1.34. The summed E-state index contributed by atoms with van der Waals surface area (Å²) in [6, 6.07) is 0. The van der Waals surface area contributed by atoms with E-state index in [0.29, 0.717) is 75.4 Å². The Morgan fingerprint density at radius 3 is 1.21 bits per heavy atom. The highest BCUT2D eigenvalue weighted by Crippen LogP contribution is 2.38. The number of hydrogen-bond donors (Lipinski definition) is 8. The fraction of sp³-hybridized carbons (Fsp3) is 0.846. The summed E-state index contributed by atoms with van der Waals surface area (Å²) < 4.78 is 111. The summed E-state index contributed by atoms with van der Waals surface area (Å²) in [7, 11) is 12.5. The van der Waals surface area contributed by atoms with Crippen LogP contribution in [0.3, 0.4) is 0 Å². The lowest BCUT2D eigenvalue weighted by molar-refractivity contribution is -0.293. The number of hydrogen-bond acceptors (Lipinski definition) is 28. The van der Waals surface area contributed by atoms with Gasteiger partial charge in [0.05, 0.1) is 135 Å². The van der Waals surface area contributed by atoms with Gasteiger partial charge in [0.1, 0.15) is 48.8 Å². The van der Waals surface area contributed by atoms with Gasteiger partial charge in [0.2, 0.25) is 0 Å². The van der Waals surface area contributed by atoms with Gasteiger partial charge in [0.25, 0.3) is 0 Å². The van der Waals surface area contributed by atoms with Gasteiger partial charge < -0.3 is 126 Å². The second-order valence-electron chi connectivity index (χ2n) is 35.4. The van der Waals surface area contributed by atoms with Crippen LogP contribution in [0.5, 0.6) is 0 Å². The van der Waals surface area contributed by atoms with E-state index in [0.717, 1.165) is 25.7 Å².